The van der Waals surface area contributed by atoms with Gasteiger partial charge in [-0.3, -0.25) is 18.6 Å². The fourth-order valence-corrected chi connectivity index (χ4v) is 9.36. The maximum atomic E-state index is 12.6. The topological polar surface area (TPSA) is 134 Å². The van der Waals surface area contributed by atoms with Gasteiger partial charge in [0.2, 0.25) is 0 Å². The Kier molecular flexibility index (Phi) is 55.2. The van der Waals surface area contributed by atoms with E-state index in [9.17, 15) is 19.0 Å². The van der Waals surface area contributed by atoms with Crippen molar-refractivity contribution in [3.8, 4) is 0 Å². The number of unbranched alkanes of at least 4 members (excludes halogenated alkanes) is 34. The molecule has 0 fully saturated rings. The lowest BCUT2D eigenvalue weighted by molar-refractivity contribution is -0.160. The molecule has 2 atom stereocenters. The monoisotopic (exact) mass is 1020 g/mol. The summed E-state index contributed by atoms with van der Waals surface area (Å²) in [5.41, 5.74) is 5.36. The lowest BCUT2D eigenvalue weighted by atomic mass is 10.0. The van der Waals surface area contributed by atoms with Gasteiger partial charge < -0.3 is 20.1 Å². The highest BCUT2D eigenvalue weighted by Crippen LogP contribution is 2.43. The lowest BCUT2D eigenvalue weighted by Crippen LogP contribution is -2.29. The number of hydrogen-bond donors (Lipinski definition) is 2. The van der Waals surface area contributed by atoms with Crippen molar-refractivity contribution in [1.29, 1.82) is 0 Å². The number of carbonyl (C=O) groups excluding carboxylic acids is 2. The second-order valence-corrected chi connectivity index (χ2v) is 21.3. The van der Waals surface area contributed by atoms with Crippen LogP contribution in [0.15, 0.2) is 60.8 Å². The molecule has 0 heterocycles. The molecule has 0 aromatic heterocycles. The van der Waals surface area contributed by atoms with Crippen molar-refractivity contribution in [3.05, 3.63) is 60.8 Å². The molecule has 0 aromatic carbocycles. The summed E-state index contributed by atoms with van der Waals surface area (Å²) < 4.78 is 32.8. The fourth-order valence-electron chi connectivity index (χ4n) is 8.60. The van der Waals surface area contributed by atoms with Gasteiger partial charge in [-0.2, -0.15) is 0 Å². The quantitative estimate of drug-likeness (QED) is 0.0264. The summed E-state index contributed by atoms with van der Waals surface area (Å²) in [4.78, 5) is 35.0. The Morgan fingerprint density at radius 1 is 0.437 bits per heavy atom. The summed E-state index contributed by atoms with van der Waals surface area (Å²) in [6.07, 6.45) is 72.1. The zero-order valence-corrected chi connectivity index (χ0v) is 47.1. The van der Waals surface area contributed by atoms with Crippen molar-refractivity contribution < 1.29 is 37.6 Å². The molecule has 0 saturated carbocycles. The summed E-state index contributed by atoms with van der Waals surface area (Å²) in [5, 5.41) is 0. The van der Waals surface area contributed by atoms with E-state index >= 15 is 0 Å². The van der Waals surface area contributed by atoms with E-state index in [1.807, 2.05) is 12.2 Å². The van der Waals surface area contributed by atoms with Crippen LogP contribution in [0.3, 0.4) is 0 Å². The molecule has 0 spiro atoms. The van der Waals surface area contributed by atoms with E-state index in [1.54, 1.807) is 6.08 Å². The van der Waals surface area contributed by atoms with Crippen molar-refractivity contribution in [2.24, 2.45) is 5.73 Å². The maximum absolute atomic E-state index is 12.6. The minimum atomic E-state index is -4.41. The lowest BCUT2D eigenvalue weighted by Gasteiger charge is -2.19. The molecular weight excluding hydrogens is 906 g/mol. The third-order valence-electron chi connectivity index (χ3n) is 13.0. The summed E-state index contributed by atoms with van der Waals surface area (Å²) in [6.45, 7) is 3.54. The number of allylic oxidation sites excluding steroid dienone is 9. The van der Waals surface area contributed by atoms with Crippen molar-refractivity contribution in [3.63, 3.8) is 0 Å². The first-order valence-corrected chi connectivity index (χ1v) is 31.3. The molecule has 0 bridgehead atoms. The molecule has 0 aliphatic rings. The number of ether oxygens (including phenoxy) is 2. The molecule has 3 N–H and O–H groups in total. The zero-order valence-electron chi connectivity index (χ0n) is 46.2. The predicted octanol–water partition coefficient (Wildman–Crippen LogP) is 18.7. The average Bonchev–Trinajstić information content (AvgIpc) is 3.36. The Morgan fingerprint density at radius 2 is 0.761 bits per heavy atom. The van der Waals surface area contributed by atoms with E-state index in [4.69, 9.17) is 24.3 Å². The van der Waals surface area contributed by atoms with Crippen LogP contribution in [0.2, 0.25) is 0 Å². The molecule has 2 unspecified atom stereocenters. The maximum Gasteiger partial charge on any atom is 0.472 e. The molecule has 0 saturated heterocycles. The van der Waals surface area contributed by atoms with Crippen LogP contribution in [0.1, 0.15) is 284 Å². The number of carbonyl (C=O) groups is 2. The van der Waals surface area contributed by atoms with Crippen molar-refractivity contribution in [2.45, 2.75) is 290 Å². The molecule has 10 heteroatoms. The van der Waals surface area contributed by atoms with Gasteiger partial charge in [0.25, 0.3) is 0 Å². The Bertz CT molecular complexity index is 1350. The second-order valence-electron chi connectivity index (χ2n) is 19.9. The standard InChI is InChI=1S/C61H112NO8P/c1-3-5-7-9-11-13-15-17-19-20-21-22-23-24-25-26-27-28-29-30-31-32-33-34-35-36-37-38-40-41-43-45-47-49-51-53-60(63)67-57-59(58-69-71(65,66)68-56-55-62)70-61(64)54-52-50-48-46-44-42-39-18-16-14-12-10-8-6-4-2/h6,8,12,14,18,39,44,46,50,52,59H,3-5,7,9-11,13,15-17,19-38,40-43,45,47-49,51,53-58,62H2,1-2H3,(H,65,66)/b8-6-,14-12-,39-18-,46-44-,52-50-. The molecule has 414 valence electrons. The first-order chi connectivity index (χ1) is 34.8. The summed E-state index contributed by atoms with van der Waals surface area (Å²) >= 11 is 0. The fraction of sp³-hybridized carbons (Fsp3) is 0.803. The average molecular weight is 1020 g/mol. The van der Waals surface area contributed by atoms with E-state index in [-0.39, 0.29) is 32.6 Å². The van der Waals surface area contributed by atoms with Gasteiger partial charge in [-0.1, -0.05) is 293 Å². The number of esters is 2. The van der Waals surface area contributed by atoms with Crippen molar-refractivity contribution in [1.82, 2.24) is 0 Å². The molecule has 0 amide bonds. The predicted molar refractivity (Wildman–Crippen MR) is 303 cm³/mol. The summed E-state index contributed by atoms with van der Waals surface area (Å²) in [5.74, 6) is -0.968. The van der Waals surface area contributed by atoms with Crippen LogP contribution in [0, 0.1) is 0 Å². The molecule has 0 aromatic rings. The van der Waals surface area contributed by atoms with Gasteiger partial charge in [-0.05, 0) is 38.5 Å². The van der Waals surface area contributed by atoms with Gasteiger partial charge in [-0.25, -0.2) is 4.57 Å². The zero-order chi connectivity index (χ0) is 51.7. The van der Waals surface area contributed by atoms with E-state index in [0.717, 1.165) is 44.9 Å². The van der Waals surface area contributed by atoms with E-state index < -0.39 is 32.5 Å². The van der Waals surface area contributed by atoms with Crippen LogP contribution in [0.4, 0.5) is 0 Å². The first-order valence-electron chi connectivity index (χ1n) is 29.8. The molecule has 0 radical (unpaired) electrons. The van der Waals surface area contributed by atoms with Gasteiger partial charge in [-0.15, -0.1) is 0 Å². The van der Waals surface area contributed by atoms with Gasteiger partial charge in [0.15, 0.2) is 6.10 Å². The number of phosphoric ester groups is 1. The number of phosphoric acid groups is 1. The van der Waals surface area contributed by atoms with Crippen molar-refractivity contribution in [2.75, 3.05) is 26.4 Å². The van der Waals surface area contributed by atoms with E-state index in [0.29, 0.717) is 6.42 Å². The van der Waals surface area contributed by atoms with Gasteiger partial charge in [0.05, 0.1) is 19.6 Å². The van der Waals surface area contributed by atoms with Crippen LogP contribution in [0.25, 0.3) is 0 Å². The molecule has 0 aliphatic carbocycles. The van der Waals surface area contributed by atoms with Crippen LogP contribution < -0.4 is 5.73 Å². The van der Waals surface area contributed by atoms with Crippen LogP contribution in [-0.2, 0) is 32.7 Å². The number of nitrogens with two attached hydrogens (primary N) is 1. The highest BCUT2D eigenvalue weighted by Gasteiger charge is 2.25. The second kappa shape index (κ2) is 57.0. The van der Waals surface area contributed by atoms with Crippen LogP contribution in [-0.4, -0.2) is 49.3 Å². The third kappa shape index (κ3) is 56.9. The first kappa shape index (κ1) is 68.7. The molecular formula is C61H112NO8P. The SMILES string of the molecule is CC/C=C\C/C=C\C/C=C\C/C=C\C/C=C\CC(=O)OC(COC(=O)CCCCCCCCCCCCCCCCCCCCCCCCCCCCCCCCCCCCC)COP(=O)(O)OCCN. The summed E-state index contributed by atoms with van der Waals surface area (Å²) in [6, 6.07) is 0. The number of hydrogen-bond acceptors (Lipinski definition) is 8. The highest BCUT2D eigenvalue weighted by molar-refractivity contribution is 7.47. The van der Waals surface area contributed by atoms with Crippen LogP contribution >= 0.6 is 7.82 Å². The van der Waals surface area contributed by atoms with Crippen molar-refractivity contribution >= 4 is 19.8 Å². The molecule has 0 aliphatic heterocycles. The number of rotatable bonds is 56. The van der Waals surface area contributed by atoms with Crippen LogP contribution in [0.5, 0.6) is 0 Å². The molecule has 71 heavy (non-hydrogen) atoms. The van der Waals surface area contributed by atoms with Gasteiger partial charge >= 0.3 is 19.8 Å². The Labute approximate surface area is 438 Å². The van der Waals surface area contributed by atoms with Gasteiger partial charge in [0, 0.05) is 13.0 Å². The minimum absolute atomic E-state index is 0.00182. The highest BCUT2D eigenvalue weighted by atomic mass is 31.2. The van der Waals surface area contributed by atoms with Gasteiger partial charge in [0.1, 0.15) is 6.61 Å². The summed E-state index contributed by atoms with van der Waals surface area (Å²) in [7, 11) is -4.41. The Balaban J connectivity index is 3.83. The smallest absolute Gasteiger partial charge is 0.462 e. The molecule has 9 nitrogen and oxygen atoms in total. The largest absolute Gasteiger partial charge is 0.472 e. The van der Waals surface area contributed by atoms with E-state index in [1.165, 1.54) is 205 Å². The molecule has 0 rings (SSSR count). The Hall–Kier alpha value is -2.29. The minimum Gasteiger partial charge on any atom is -0.462 e. The van der Waals surface area contributed by atoms with E-state index in [2.05, 4.69) is 56.4 Å². The Morgan fingerprint density at radius 3 is 1.10 bits per heavy atom. The third-order valence-corrected chi connectivity index (χ3v) is 13.9. The normalized spacial score (nSPS) is 13.5.